The number of methoxy groups -OCH3 is 1. The fourth-order valence-corrected chi connectivity index (χ4v) is 5.21. The van der Waals surface area contributed by atoms with E-state index in [9.17, 15) is 0 Å². The van der Waals surface area contributed by atoms with Crippen molar-refractivity contribution in [1.82, 2.24) is 9.47 Å². The zero-order valence-electron chi connectivity index (χ0n) is 21.3. The Balaban J connectivity index is 1.24. The summed E-state index contributed by atoms with van der Waals surface area (Å²) in [6.45, 7) is 10.4. The number of benzene rings is 2. The van der Waals surface area contributed by atoms with Gasteiger partial charge in [0.2, 0.25) is 0 Å². The van der Waals surface area contributed by atoms with Gasteiger partial charge in [-0.05, 0) is 67.6 Å². The minimum Gasteiger partial charge on any atom is -0.497 e. The molecule has 188 valence electrons. The van der Waals surface area contributed by atoms with Gasteiger partial charge in [0.25, 0.3) is 0 Å². The topological polar surface area (TPSA) is 45.1 Å². The smallest absolute Gasteiger partial charge is 0.170 e. The molecule has 0 unspecified atom stereocenters. The normalized spacial score (nSPS) is 18.3. The van der Waals surface area contributed by atoms with E-state index in [1.807, 2.05) is 0 Å². The van der Waals surface area contributed by atoms with Crippen LogP contribution in [-0.2, 0) is 22.6 Å². The Morgan fingerprint density at radius 2 is 1.71 bits per heavy atom. The van der Waals surface area contributed by atoms with E-state index in [2.05, 4.69) is 65.9 Å². The number of aromatic nitrogens is 1. The summed E-state index contributed by atoms with van der Waals surface area (Å²) in [6.07, 6.45) is 6.14. The molecule has 0 aliphatic carbocycles. The molecule has 2 aliphatic rings. The molecular weight excluding hydrogens is 440 g/mol. The van der Waals surface area contributed by atoms with Crippen molar-refractivity contribution in [2.75, 3.05) is 40.0 Å². The third kappa shape index (κ3) is 5.50. The predicted molar refractivity (Wildman–Crippen MR) is 138 cm³/mol. The van der Waals surface area contributed by atoms with E-state index in [1.54, 1.807) is 7.11 Å². The molecule has 0 atom stereocenters. The highest BCUT2D eigenvalue weighted by atomic mass is 16.7. The minimum atomic E-state index is -0.341. The van der Waals surface area contributed by atoms with Gasteiger partial charge in [0.15, 0.2) is 5.79 Å². The number of rotatable bonds is 8. The lowest BCUT2D eigenvalue weighted by molar-refractivity contribution is -0.284. The number of hydrogen-bond donors (Lipinski definition) is 0. The van der Waals surface area contributed by atoms with E-state index < -0.39 is 0 Å². The van der Waals surface area contributed by atoms with Gasteiger partial charge in [-0.2, -0.15) is 0 Å². The summed E-state index contributed by atoms with van der Waals surface area (Å²) in [5.41, 5.74) is 5.14. The Hall–Kier alpha value is -2.54. The lowest BCUT2D eigenvalue weighted by Crippen LogP contribution is -2.49. The second-order valence-electron chi connectivity index (χ2n) is 9.92. The van der Waals surface area contributed by atoms with Gasteiger partial charge in [0.05, 0.1) is 32.4 Å². The molecule has 6 heteroatoms. The van der Waals surface area contributed by atoms with Crippen molar-refractivity contribution < 1.29 is 18.9 Å². The highest BCUT2D eigenvalue weighted by Crippen LogP contribution is 2.33. The summed E-state index contributed by atoms with van der Waals surface area (Å²) in [5.74, 6) is 1.49. The van der Waals surface area contributed by atoms with Crippen molar-refractivity contribution in [2.24, 2.45) is 0 Å². The van der Waals surface area contributed by atoms with E-state index >= 15 is 0 Å². The highest BCUT2D eigenvalue weighted by Gasteiger charge is 2.38. The molecule has 3 heterocycles. The monoisotopic (exact) mass is 478 g/mol. The van der Waals surface area contributed by atoms with Crippen molar-refractivity contribution >= 4 is 10.9 Å². The third-order valence-corrected chi connectivity index (χ3v) is 7.49. The molecule has 6 nitrogen and oxygen atoms in total. The van der Waals surface area contributed by atoms with Crippen molar-refractivity contribution in [3.63, 3.8) is 0 Å². The largest absolute Gasteiger partial charge is 0.497 e. The fraction of sp³-hybridized carbons (Fsp3) is 0.517. The molecule has 1 spiro atoms. The van der Waals surface area contributed by atoms with Crippen molar-refractivity contribution in [2.45, 2.75) is 58.4 Å². The zero-order chi connectivity index (χ0) is 24.3. The molecule has 35 heavy (non-hydrogen) atoms. The maximum atomic E-state index is 6.03. The first-order valence-electron chi connectivity index (χ1n) is 12.9. The number of hydrogen-bond acceptors (Lipinski definition) is 5. The molecule has 0 N–H and O–H groups in total. The Bertz CT molecular complexity index is 1140. The van der Waals surface area contributed by atoms with Crippen LogP contribution in [0, 0.1) is 13.8 Å². The number of aryl methyl sites for hydroxylation is 3. The average molecular weight is 479 g/mol. The fourth-order valence-electron chi connectivity index (χ4n) is 5.21. The van der Waals surface area contributed by atoms with Crippen LogP contribution in [-0.4, -0.2) is 55.3 Å². The molecule has 2 aromatic carbocycles. The quantitative estimate of drug-likeness (QED) is 0.402. The number of nitrogens with zero attached hydrogens (tertiary/aromatic N) is 2. The Labute approximate surface area is 208 Å². The molecule has 2 fully saturated rings. The van der Waals surface area contributed by atoms with Gasteiger partial charge in [-0.15, -0.1) is 0 Å². The van der Waals surface area contributed by atoms with E-state index in [0.29, 0.717) is 6.61 Å². The summed E-state index contributed by atoms with van der Waals surface area (Å²) >= 11 is 0. The molecule has 0 radical (unpaired) electrons. The molecule has 1 aromatic heterocycles. The van der Waals surface area contributed by atoms with Crippen LogP contribution in [0.4, 0.5) is 0 Å². The highest BCUT2D eigenvalue weighted by molar-refractivity contribution is 5.85. The van der Waals surface area contributed by atoms with Gasteiger partial charge in [0, 0.05) is 56.7 Å². The molecule has 0 bridgehead atoms. The van der Waals surface area contributed by atoms with Crippen LogP contribution in [0.5, 0.6) is 11.5 Å². The molecular formula is C29H38N2O4. The van der Waals surface area contributed by atoms with Crippen molar-refractivity contribution in [3.8, 4) is 11.5 Å². The summed E-state index contributed by atoms with van der Waals surface area (Å²) in [7, 11) is 1.73. The van der Waals surface area contributed by atoms with Crippen molar-refractivity contribution in [1.29, 1.82) is 0 Å². The summed E-state index contributed by atoms with van der Waals surface area (Å²) in [4.78, 5) is 2.53. The van der Waals surface area contributed by atoms with Crippen LogP contribution >= 0.6 is 0 Å². The van der Waals surface area contributed by atoms with E-state index in [1.165, 1.54) is 27.6 Å². The van der Waals surface area contributed by atoms with E-state index in [4.69, 9.17) is 18.9 Å². The van der Waals surface area contributed by atoms with Crippen LogP contribution in [0.25, 0.3) is 10.9 Å². The predicted octanol–water partition coefficient (Wildman–Crippen LogP) is 5.46. The van der Waals surface area contributed by atoms with Gasteiger partial charge >= 0.3 is 0 Å². The van der Waals surface area contributed by atoms with Crippen molar-refractivity contribution in [3.05, 3.63) is 59.3 Å². The standard InChI is InChI=1S/C29H38N2O4/c1-22-6-7-26(18-23(22)2)33-15-4-12-31-21-24(27-9-8-25(32-3)19-28(27)31)20-30-13-10-29(11-14-30)34-16-5-17-35-29/h6-9,18-19,21H,4-5,10-17,20H2,1-3H3. The van der Waals surface area contributed by atoms with Gasteiger partial charge in [-0.25, -0.2) is 0 Å². The molecule has 3 aromatic rings. The van der Waals surface area contributed by atoms with E-state index in [-0.39, 0.29) is 5.79 Å². The second kappa shape index (κ2) is 10.6. The summed E-state index contributed by atoms with van der Waals surface area (Å²) in [6, 6.07) is 12.7. The lowest BCUT2D eigenvalue weighted by Gasteiger charge is -2.43. The van der Waals surface area contributed by atoms with Crippen LogP contribution in [0.15, 0.2) is 42.6 Å². The third-order valence-electron chi connectivity index (χ3n) is 7.49. The Kier molecular flexibility index (Phi) is 7.32. The van der Waals surface area contributed by atoms with Gasteiger partial charge in [0.1, 0.15) is 11.5 Å². The zero-order valence-corrected chi connectivity index (χ0v) is 21.3. The lowest BCUT2D eigenvalue weighted by atomic mass is 10.0. The van der Waals surface area contributed by atoms with Gasteiger partial charge < -0.3 is 23.5 Å². The second-order valence-corrected chi connectivity index (χ2v) is 9.92. The number of ether oxygens (including phenoxy) is 4. The van der Waals surface area contributed by atoms with Crippen LogP contribution in [0.1, 0.15) is 42.4 Å². The number of likely N-dealkylation sites (tertiary alicyclic amines) is 1. The summed E-state index contributed by atoms with van der Waals surface area (Å²) < 4.78 is 26.0. The number of piperidine rings is 1. The first-order valence-corrected chi connectivity index (χ1v) is 12.9. The van der Waals surface area contributed by atoms with Crippen LogP contribution in [0.2, 0.25) is 0 Å². The maximum Gasteiger partial charge on any atom is 0.170 e. The SMILES string of the molecule is COc1ccc2c(CN3CCC4(CC3)OCCCO4)cn(CCCOc3ccc(C)c(C)c3)c2c1. The molecule has 5 rings (SSSR count). The maximum absolute atomic E-state index is 6.03. The molecule has 0 saturated carbocycles. The van der Waals surface area contributed by atoms with Gasteiger partial charge in [-0.3, -0.25) is 4.90 Å². The van der Waals surface area contributed by atoms with Crippen LogP contribution in [0.3, 0.4) is 0 Å². The minimum absolute atomic E-state index is 0.341. The Morgan fingerprint density at radius 1 is 0.943 bits per heavy atom. The molecule has 2 aliphatic heterocycles. The summed E-state index contributed by atoms with van der Waals surface area (Å²) in [5, 5.41) is 1.30. The van der Waals surface area contributed by atoms with Gasteiger partial charge in [-0.1, -0.05) is 6.07 Å². The van der Waals surface area contributed by atoms with E-state index in [0.717, 1.165) is 76.6 Å². The average Bonchev–Trinajstić information content (AvgIpc) is 3.22. The molecule has 0 amide bonds. The first kappa shape index (κ1) is 24.2. The first-order chi connectivity index (χ1) is 17.0. The molecule has 2 saturated heterocycles. The Morgan fingerprint density at radius 3 is 2.46 bits per heavy atom. The number of fused-ring (bicyclic) bond motifs is 1. The van der Waals surface area contributed by atoms with Crippen LogP contribution < -0.4 is 9.47 Å².